The van der Waals surface area contributed by atoms with E-state index in [1.165, 1.54) is 0 Å². The van der Waals surface area contributed by atoms with E-state index >= 15 is 0 Å². The van der Waals surface area contributed by atoms with E-state index in [0.717, 1.165) is 83.5 Å². The van der Waals surface area contributed by atoms with E-state index in [1.807, 2.05) is 33.3 Å². The van der Waals surface area contributed by atoms with Crippen LogP contribution in [0, 0.1) is 0 Å². The second-order valence-corrected chi connectivity index (χ2v) is 13.8. The second kappa shape index (κ2) is 34.6. The van der Waals surface area contributed by atoms with E-state index in [1.54, 1.807) is 0 Å². The zero-order valence-corrected chi connectivity index (χ0v) is 33.2. The maximum absolute atomic E-state index is 12.6. The Bertz CT molecular complexity index is 1120. The normalized spacial score (nSPS) is 13.9. The Balaban J connectivity index is 4.58. The monoisotopic (exact) mass is 727 g/mol. The summed E-state index contributed by atoms with van der Waals surface area (Å²) in [5.41, 5.74) is 0. The lowest BCUT2D eigenvalue weighted by atomic mass is 10.1. The van der Waals surface area contributed by atoms with E-state index < -0.39 is 24.1 Å². The van der Waals surface area contributed by atoms with E-state index in [0.29, 0.717) is 19.3 Å². The van der Waals surface area contributed by atoms with E-state index in [4.69, 9.17) is 14.2 Å². The van der Waals surface area contributed by atoms with Crippen LogP contribution >= 0.6 is 0 Å². The number of esters is 2. The summed E-state index contributed by atoms with van der Waals surface area (Å²) in [7, 11) is 5.48. The van der Waals surface area contributed by atoms with Crippen LogP contribution in [0.25, 0.3) is 0 Å². The number of hydrogen-bond donors (Lipinski definition) is 1. The largest absolute Gasteiger partial charge is 0.477 e. The molecule has 0 fully saturated rings. The second-order valence-electron chi connectivity index (χ2n) is 13.8. The minimum absolute atomic E-state index is 0.0213. The van der Waals surface area contributed by atoms with Crippen molar-refractivity contribution in [2.24, 2.45) is 0 Å². The van der Waals surface area contributed by atoms with Crippen LogP contribution in [0.4, 0.5) is 0 Å². The molecular formula is C44H72NO7+. The molecule has 2 unspecified atom stereocenters. The van der Waals surface area contributed by atoms with Gasteiger partial charge in [0.25, 0.3) is 0 Å². The fourth-order valence-corrected chi connectivity index (χ4v) is 5.06. The summed E-state index contributed by atoms with van der Waals surface area (Å²) >= 11 is 0. The Morgan fingerprint density at radius 3 is 1.58 bits per heavy atom. The lowest BCUT2D eigenvalue weighted by Gasteiger charge is -2.31. The van der Waals surface area contributed by atoms with Gasteiger partial charge in [-0.15, -0.1) is 0 Å². The molecule has 0 rings (SSSR count). The van der Waals surface area contributed by atoms with Crippen LogP contribution in [0.2, 0.25) is 0 Å². The van der Waals surface area contributed by atoms with Gasteiger partial charge in [-0.25, -0.2) is 4.79 Å². The molecule has 52 heavy (non-hydrogen) atoms. The summed E-state index contributed by atoms with van der Waals surface area (Å²) in [6, 6.07) is -0.633. The van der Waals surface area contributed by atoms with Crippen molar-refractivity contribution in [2.75, 3.05) is 41.0 Å². The van der Waals surface area contributed by atoms with E-state index in [9.17, 15) is 19.5 Å². The minimum atomic E-state index is -0.893. The molecule has 0 aromatic carbocycles. The Labute approximate surface area is 316 Å². The Morgan fingerprint density at radius 1 is 0.577 bits per heavy atom. The molecule has 8 nitrogen and oxygen atoms in total. The third-order valence-electron chi connectivity index (χ3n) is 8.05. The first-order valence-corrected chi connectivity index (χ1v) is 19.6. The quantitative estimate of drug-likeness (QED) is 0.0311. The fraction of sp³-hybridized carbons (Fsp3) is 0.614. The predicted molar refractivity (Wildman–Crippen MR) is 215 cm³/mol. The van der Waals surface area contributed by atoms with Gasteiger partial charge in [-0.1, -0.05) is 118 Å². The molecule has 0 aromatic rings. The Hall–Kier alpha value is -3.49. The summed E-state index contributed by atoms with van der Waals surface area (Å²) in [5.74, 6) is -1.61. The van der Waals surface area contributed by atoms with Crippen LogP contribution in [0.15, 0.2) is 85.1 Å². The number of allylic oxidation sites excluding steroid dienone is 14. The molecular weight excluding hydrogens is 654 g/mol. The van der Waals surface area contributed by atoms with Crippen molar-refractivity contribution in [3.05, 3.63) is 85.1 Å². The van der Waals surface area contributed by atoms with Crippen molar-refractivity contribution in [1.29, 1.82) is 0 Å². The fourth-order valence-electron chi connectivity index (χ4n) is 5.06. The third-order valence-corrected chi connectivity index (χ3v) is 8.05. The van der Waals surface area contributed by atoms with Crippen LogP contribution in [0.3, 0.4) is 0 Å². The molecule has 0 spiro atoms. The Kier molecular flexibility index (Phi) is 32.3. The minimum Gasteiger partial charge on any atom is -0.477 e. The van der Waals surface area contributed by atoms with Crippen LogP contribution in [-0.4, -0.2) is 80.6 Å². The summed E-state index contributed by atoms with van der Waals surface area (Å²) in [6.45, 7) is 4.38. The van der Waals surface area contributed by atoms with Crippen molar-refractivity contribution >= 4 is 17.9 Å². The molecule has 0 aliphatic carbocycles. The molecule has 0 aromatic heterocycles. The molecule has 8 heteroatoms. The van der Waals surface area contributed by atoms with Crippen molar-refractivity contribution in [1.82, 2.24) is 0 Å². The van der Waals surface area contributed by atoms with Crippen molar-refractivity contribution in [3.63, 3.8) is 0 Å². The van der Waals surface area contributed by atoms with Crippen molar-refractivity contribution in [2.45, 2.75) is 135 Å². The van der Waals surface area contributed by atoms with Gasteiger partial charge >= 0.3 is 17.9 Å². The smallest absolute Gasteiger partial charge is 0.362 e. The SMILES string of the molecule is CC/C=C/C/C=C/C/C=C/C/C=C/C/C=C/CCC(=O)OC(COCCC(C(=O)O)[N+](C)(C)C)COC(=O)CCCCCCC/C=C/C/C=C/CC. The summed E-state index contributed by atoms with van der Waals surface area (Å²) in [4.78, 5) is 36.8. The van der Waals surface area contributed by atoms with Crippen molar-refractivity contribution in [3.8, 4) is 0 Å². The lowest BCUT2D eigenvalue weighted by molar-refractivity contribution is -0.887. The van der Waals surface area contributed by atoms with Gasteiger partial charge < -0.3 is 23.8 Å². The first-order valence-electron chi connectivity index (χ1n) is 19.6. The highest BCUT2D eigenvalue weighted by atomic mass is 16.6. The van der Waals surface area contributed by atoms with Crippen molar-refractivity contribution < 1.29 is 38.2 Å². The molecule has 0 aliphatic rings. The van der Waals surface area contributed by atoms with Gasteiger partial charge in [0.05, 0.1) is 34.4 Å². The molecule has 2 atom stereocenters. The number of nitrogens with zero attached hydrogens (tertiary/aromatic N) is 1. The van der Waals surface area contributed by atoms with Crippen LogP contribution in [0.1, 0.15) is 123 Å². The highest BCUT2D eigenvalue weighted by Crippen LogP contribution is 2.11. The standard InChI is InChI=1S/C44H71NO7/c1-6-8-10-12-14-16-18-20-21-22-23-25-27-29-31-33-35-43(47)52-40(38-50-37-36-41(44(48)49)45(3,4)5)39-51-42(46)34-32-30-28-26-24-19-17-15-13-11-9-7-2/h8-11,14-17,20-21,23,25,29,31,40-41H,6-7,12-13,18-19,22,24,26-28,30,32-39H2,1-5H3/p+1/b10-8+,11-9+,16-14+,17-15+,21-20+,25-23+,31-29+. The molecule has 0 amide bonds. The van der Waals surface area contributed by atoms with E-state index in [-0.39, 0.29) is 36.7 Å². The maximum Gasteiger partial charge on any atom is 0.362 e. The lowest BCUT2D eigenvalue weighted by Crippen LogP contribution is -2.50. The van der Waals surface area contributed by atoms with Crippen LogP contribution < -0.4 is 0 Å². The number of unbranched alkanes of at least 4 members (excludes halogenated alkanes) is 5. The maximum atomic E-state index is 12.6. The molecule has 0 saturated heterocycles. The number of likely N-dealkylation sites (N-methyl/N-ethyl adjacent to an activating group) is 1. The molecule has 0 heterocycles. The number of hydrogen-bond acceptors (Lipinski definition) is 6. The third kappa shape index (κ3) is 32.4. The molecule has 0 aliphatic heterocycles. The summed E-state index contributed by atoms with van der Waals surface area (Å²) < 4.78 is 17.1. The number of carbonyl (C=O) groups is 3. The van der Waals surface area contributed by atoms with Gasteiger partial charge in [0.1, 0.15) is 6.61 Å². The average molecular weight is 727 g/mol. The summed E-state index contributed by atoms with van der Waals surface area (Å²) in [5, 5.41) is 9.59. The average Bonchev–Trinajstić information content (AvgIpc) is 3.09. The van der Waals surface area contributed by atoms with Gasteiger partial charge in [0.15, 0.2) is 12.1 Å². The number of quaternary nitrogens is 1. The van der Waals surface area contributed by atoms with Gasteiger partial charge in [-0.05, 0) is 70.6 Å². The number of carboxylic acid groups (broad SMARTS) is 1. The zero-order valence-electron chi connectivity index (χ0n) is 33.2. The van der Waals surface area contributed by atoms with Gasteiger partial charge in [0, 0.05) is 19.3 Å². The number of ether oxygens (including phenoxy) is 3. The molecule has 294 valence electrons. The molecule has 0 bridgehead atoms. The van der Waals surface area contributed by atoms with Gasteiger partial charge in [-0.2, -0.15) is 0 Å². The number of aliphatic carboxylic acids is 1. The number of carbonyl (C=O) groups excluding carboxylic acids is 2. The molecule has 0 radical (unpaired) electrons. The topological polar surface area (TPSA) is 99.1 Å². The summed E-state index contributed by atoms with van der Waals surface area (Å²) in [6.07, 6.45) is 43.6. The van der Waals surface area contributed by atoms with Crippen LogP contribution in [0.5, 0.6) is 0 Å². The molecule has 1 N–H and O–H groups in total. The van der Waals surface area contributed by atoms with Gasteiger partial charge in [0.2, 0.25) is 0 Å². The highest BCUT2D eigenvalue weighted by molar-refractivity contribution is 5.72. The number of rotatable bonds is 33. The first kappa shape index (κ1) is 48.5. The number of carboxylic acids is 1. The highest BCUT2D eigenvalue weighted by Gasteiger charge is 2.31. The van der Waals surface area contributed by atoms with Gasteiger partial charge in [-0.3, -0.25) is 9.59 Å². The first-order chi connectivity index (χ1) is 25.1. The Morgan fingerprint density at radius 2 is 1.06 bits per heavy atom. The molecule has 0 saturated carbocycles. The van der Waals surface area contributed by atoms with Crippen LogP contribution in [-0.2, 0) is 28.6 Å². The van der Waals surface area contributed by atoms with E-state index in [2.05, 4.69) is 86.8 Å². The predicted octanol–water partition coefficient (Wildman–Crippen LogP) is 10.2. The zero-order chi connectivity index (χ0) is 38.5.